The van der Waals surface area contributed by atoms with Crippen molar-refractivity contribution in [3.05, 3.63) is 35.7 Å². The predicted molar refractivity (Wildman–Crippen MR) is 109 cm³/mol. The standard InChI is InChI=1S/C21H20N2O10/c1-20(2)30-16(24)10(17(25)31-20)7-22-12-5-14-15(29-9-28-14)6-13(12)23-8-11-18(26)32-21(3,4)33-19(11)27/h5-8,22-23H,9H2,1-4H3. The summed E-state index contributed by atoms with van der Waals surface area (Å²) in [6.45, 7) is 5.72. The van der Waals surface area contributed by atoms with Crippen LogP contribution in [0.3, 0.4) is 0 Å². The molecule has 12 nitrogen and oxygen atoms in total. The topological polar surface area (TPSA) is 148 Å². The number of cyclic esters (lactones) is 4. The third-order valence-corrected chi connectivity index (χ3v) is 4.49. The van der Waals surface area contributed by atoms with Gasteiger partial charge < -0.3 is 39.1 Å². The van der Waals surface area contributed by atoms with E-state index in [1.165, 1.54) is 39.8 Å². The van der Waals surface area contributed by atoms with Gasteiger partial charge in [-0.2, -0.15) is 0 Å². The molecular formula is C21H20N2O10. The van der Waals surface area contributed by atoms with Crippen LogP contribution in [-0.4, -0.2) is 42.2 Å². The van der Waals surface area contributed by atoms with Crippen molar-refractivity contribution in [3.63, 3.8) is 0 Å². The minimum atomic E-state index is -1.37. The van der Waals surface area contributed by atoms with Gasteiger partial charge in [0, 0.05) is 52.2 Å². The molecule has 0 unspecified atom stereocenters. The Labute approximate surface area is 187 Å². The molecule has 1 aromatic carbocycles. The molecule has 33 heavy (non-hydrogen) atoms. The van der Waals surface area contributed by atoms with Crippen LogP contribution in [0.25, 0.3) is 0 Å². The van der Waals surface area contributed by atoms with E-state index in [9.17, 15) is 19.2 Å². The molecule has 2 saturated heterocycles. The molecule has 0 amide bonds. The number of carbonyl (C=O) groups excluding carboxylic acids is 4. The van der Waals surface area contributed by atoms with Crippen molar-refractivity contribution in [2.45, 2.75) is 39.3 Å². The first-order valence-electron chi connectivity index (χ1n) is 9.74. The van der Waals surface area contributed by atoms with Gasteiger partial charge in [0.1, 0.15) is 0 Å². The number of benzene rings is 1. The number of nitrogens with one attached hydrogen (secondary N) is 2. The molecule has 0 bridgehead atoms. The maximum absolute atomic E-state index is 12.2. The number of hydrogen-bond donors (Lipinski definition) is 2. The number of rotatable bonds is 4. The zero-order valence-electron chi connectivity index (χ0n) is 18.1. The summed E-state index contributed by atoms with van der Waals surface area (Å²) >= 11 is 0. The Morgan fingerprint density at radius 1 is 0.667 bits per heavy atom. The second kappa shape index (κ2) is 7.73. The minimum absolute atomic E-state index is 0.0120. The van der Waals surface area contributed by atoms with Gasteiger partial charge in [-0.3, -0.25) is 0 Å². The molecule has 2 fully saturated rings. The Balaban J connectivity index is 1.61. The van der Waals surface area contributed by atoms with Crippen LogP contribution in [0.4, 0.5) is 11.4 Å². The molecule has 1 aromatic rings. The predicted octanol–water partition coefficient (Wildman–Crippen LogP) is 1.68. The van der Waals surface area contributed by atoms with Crippen LogP contribution in [0, 0.1) is 0 Å². The van der Waals surface area contributed by atoms with Crippen molar-refractivity contribution < 1.29 is 47.6 Å². The Hall–Kier alpha value is -4.22. The fraction of sp³-hybridized carbons (Fsp3) is 0.333. The summed E-state index contributed by atoms with van der Waals surface area (Å²) in [5.41, 5.74) is -0.102. The van der Waals surface area contributed by atoms with Gasteiger partial charge >= 0.3 is 23.9 Å². The molecule has 3 heterocycles. The van der Waals surface area contributed by atoms with Crippen LogP contribution >= 0.6 is 0 Å². The Kier molecular flexibility index (Phi) is 5.15. The maximum Gasteiger partial charge on any atom is 0.350 e. The monoisotopic (exact) mass is 460 g/mol. The molecule has 0 aromatic heterocycles. The quantitative estimate of drug-likeness (QED) is 0.383. The summed E-state index contributed by atoms with van der Waals surface area (Å²) in [6.07, 6.45) is 2.23. The van der Waals surface area contributed by atoms with Crippen molar-refractivity contribution >= 4 is 35.3 Å². The number of fused-ring (bicyclic) bond motifs is 1. The van der Waals surface area contributed by atoms with Crippen molar-refractivity contribution in [3.8, 4) is 11.5 Å². The summed E-state index contributed by atoms with van der Waals surface area (Å²) in [5.74, 6) is -5.42. The van der Waals surface area contributed by atoms with Crippen LogP contribution in [-0.2, 0) is 38.1 Å². The highest BCUT2D eigenvalue weighted by atomic mass is 16.8. The lowest BCUT2D eigenvalue weighted by atomic mass is 10.2. The van der Waals surface area contributed by atoms with E-state index in [2.05, 4.69) is 10.6 Å². The van der Waals surface area contributed by atoms with Crippen LogP contribution < -0.4 is 20.1 Å². The lowest BCUT2D eigenvalue weighted by Crippen LogP contribution is -2.42. The third kappa shape index (κ3) is 4.54. The zero-order chi connectivity index (χ0) is 24.0. The van der Waals surface area contributed by atoms with Gasteiger partial charge in [0.05, 0.1) is 11.4 Å². The zero-order valence-corrected chi connectivity index (χ0v) is 18.1. The highest BCUT2D eigenvalue weighted by Gasteiger charge is 2.40. The number of ether oxygens (including phenoxy) is 6. The summed E-state index contributed by atoms with van der Waals surface area (Å²) < 4.78 is 30.9. The number of anilines is 2. The van der Waals surface area contributed by atoms with Crippen molar-refractivity contribution in [1.82, 2.24) is 0 Å². The third-order valence-electron chi connectivity index (χ3n) is 4.49. The molecule has 3 aliphatic rings. The van der Waals surface area contributed by atoms with E-state index in [0.29, 0.717) is 22.9 Å². The van der Waals surface area contributed by atoms with E-state index in [1.54, 1.807) is 0 Å². The second-order valence-electron chi connectivity index (χ2n) is 8.01. The molecule has 0 aliphatic carbocycles. The lowest BCUT2D eigenvalue weighted by Gasteiger charge is -2.30. The fourth-order valence-electron chi connectivity index (χ4n) is 3.04. The average molecular weight is 460 g/mol. The highest BCUT2D eigenvalue weighted by molar-refractivity contribution is 6.16. The SMILES string of the molecule is CC1(C)OC(=O)C(=CNc2cc3c(cc2NC=C2C(=O)OC(C)(C)OC2=O)OCO3)C(=O)O1. The van der Waals surface area contributed by atoms with Gasteiger partial charge in [0.15, 0.2) is 22.6 Å². The van der Waals surface area contributed by atoms with Gasteiger partial charge in [-0.15, -0.1) is 0 Å². The first-order chi connectivity index (χ1) is 15.4. The Morgan fingerprint density at radius 2 is 1.00 bits per heavy atom. The van der Waals surface area contributed by atoms with E-state index in [4.69, 9.17) is 28.4 Å². The van der Waals surface area contributed by atoms with Crippen LogP contribution in [0.5, 0.6) is 11.5 Å². The second-order valence-corrected chi connectivity index (χ2v) is 8.01. The van der Waals surface area contributed by atoms with Crippen LogP contribution in [0.15, 0.2) is 35.7 Å². The van der Waals surface area contributed by atoms with Gasteiger partial charge in [0.25, 0.3) is 11.6 Å². The number of carbonyl (C=O) groups is 4. The van der Waals surface area contributed by atoms with E-state index in [1.807, 2.05) is 0 Å². The summed E-state index contributed by atoms with van der Waals surface area (Å²) in [5, 5.41) is 5.60. The van der Waals surface area contributed by atoms with Gasteiger partial charge in [-0.05, 0) is 0 Å². The van der Waals surface area contributed by atoms with Crippen molar-refractivity contribution in [1.29, 1.82) is 0 Å². The van der Waals surface area contributed by atoms with Crippen LogP contribution in [0.2, 0.25) is 0 Å². The normalized spacial score (nSPS) is 20.2. The first-order valence-corrected chi connectivity index (χ1v) is 9.74. The molecule has 3 aliphatic heterocycles. The molecule has 0 spiro atoms. The highest BCUT2D eigenvalue weighted by Crippen LogP contribution is 2.40. The molecule has 2 N–H and O–H groups in total. The fourth-order valence-corrected chi connectivity index (χ4v) is 3.04. The molecule has 0 saturated carbocycles. The van der Waals surface area contributed by atoms with E-state index >= 15 is 0 Å². The number of esters is 4. The smallest absolute Gasteiger partial charge is 0.350 e. The largest absolute Gasteiger partial charge is 0.454 e. The molecule has 174 valence electrons. The molecule has 0 atom stereocenters. The summed E-state index contributed by atoms with van der Waals surface area (Å²) in [7, 11) is 0. The van der Waals surface area contributed by atoms with E-state index < -0.39 is 35.5 Å². The molecule has 4 rings (SSSR count). The van der Waals surface area contributed by atoms with E-state index in [0.717, 1.165) is 12.4 Å². The van der Waals surface area contributed by atoms with Gasteiger partial charge in [-0.25, -0.2) is 19.2 Å². The first kappa shape index (κ1) is 22.0. The molecule has 12 heteroatoms. The van der Waals surface area contributed by atoms with Crippen molar-refractivity contribution in [2.75, 3.05) is 17.4 Å². The summed E-state index contributed by atoms with van der Waals surface area (Å²) in [6, 6.07) is 3.06. The lowest BCUT2D eigenvalue weighted by molar-refractivity contribution is -0.224. The Morgan fingerprint density at radius 3 is 1.33 bits per heavy atom. The van der Waals surface area contributed by atoms with Gasteiger partial charge in [0.2, 0.25) is 6.79 Å². The minimum Gasteiger partial charge on any atom is -0.454 e. The van der Waals surface area contributed by atoms with Crippen molar-refractivity contribution in [2.24, 2.45) is 0 Å². The van der Waals surface area contributed by atoms with Crippen LogP contribution in [0.1, 0.15) is 27.7 Å². The number of hydrogen-bond acceptors (Lipinski definition) is 12. The molecule has 0 radical (unpaired) electrons. The maximum atomic E-state index is 12.2. The summed E-state index contributed by atoms with van der Waals surface area (Å²) in [4.78, 5) is 48.7. The average Bonchev–Trinajstić information content (AvgIpc) is 3.11. The van der Waals surface area contributed by atoms with E-state index in [-0.39, 0.29) is 17.9 Å². The Bertz CT molecular complexity index is 1000. The molecular weight excluding hydrogens is 440 g/mol. The van der Waals surface area contributed by atoms with Gasteiger partial charge in [-0.1, -0.05) is 0 Å².